The Hall–Kier alpha value is -3.18. The fraction of sp³-hybridized carbons (Fsp3) is 0.346. The number of aromatic nitrogens is 1. The van der Waals surface area contributed by atoms with Gasteiger partial charge in [-0.15, -0.1) is 11.8 Å². The number of hydrogen-bond donors (Lipinski definition) is 2. The summed E-state index contributed by atoms with van der Waals surface area (Å²) in [5.41, 5.74) is 2.27. The minimum atomic E-state index is -1.26. The number of carboxylic acid groups (broad SMARTS) is 2. The van der Waals surface area contributed by atoms with Crippen molar-refractivity contribution in [3.8, 4) is 5.75 Å². The van der Waals surface area contributed by atoms with E-state index in [0.717, 1.165) is 16.6 Å². The van der Waals surface area contributed by atoms with Crippen molar-refractivity contribution < 1.29 is 38.7 Å². The zero-order chi connectivity index (χ0) is 25.8. The highest BCUT2D eigenvalue weighted by Crippen LogP contribution is 2.36. The number of carbonyl (C=O) groups is 2. The normalized spacial score (nSPS) is 12.8. The number of hydrogen-bond acceptors (Lipinski definition) is 8. The van der Waals surface area contributed by atoms with Crippen LogP contribution >= 0.6 is 11.8 Å². The minimum absolute atomic E-state index is 0.109. The highest BCUT2D eigenvalue weighted by molar-refractivity contribution is 7.99. The summed E-state index contributed by atoms with van der Waals surface area (Å²) in [5, 5.41) is 19.2. The average Bonchev–Trinajstić information content (AvgIpc) is 2.88. The molecule has 3 rings (SSSR count). The van der Waals surface area contributed by atoms with Crippen LogP contribution in [-0.2, 0) is 30.4 Å². The topological polar surface area (TPSA) is 124 Å². The van der Waals surface area contributed by atoms with Gasteiger partial charge in [0.1, 0.15) is 19.1 Å². The number of benzene rings is 2. The number of para-hydroxylation sites is 1. The van der Waals surface area contributed by atoms with E-state index in [9.17, 15) is 14.7 Å². The maximum atomic E-state index is 12.1. The van der Waals surface area contributed by atoms with Crippen molar-refractivity contribution in [2.24, 2.45) is 0 Å². The number of pyridine rings is 1. The number of nitrogens with zero attached hydrogens (tertiary/aromatic N) is 1. The summed E-state index contributed by atoms with van der Waals surface area (Å²) in [7, 11) is 1.53. The van der Waals surface area contributed by atoms with Crippen LogP contribution in [0.5, 0.6) is 5.75 Å². The molecule has 192 valence electrons. The average molecular weight is 516 g/mol. The molecule has 0 aliphatic heterocycles. The molecule has 1 aromatic heterocycles. The van der Waals surface area contributed by atoms with E-state index in [1.165, 1.54) is 18.9 Å². The number of rotatable bonds is 16. The van der Waals surface area contributed by atoms with E-state index in [2.05, 4.69) is 4.98 Å². The van der Waals surface area contributed by atoms with Gasteiger partial charge in [0.05, 0.1) is 36.1 Å². The smallest absolute Gasteiger partial charge is 0.334 e. The maximum absolute atomic E-state index is 12.1. The van der Waals surface area contributed by atoms with Crippen LogP contribution in [0.3, 0.4) is 0 Å². The molecule has 0 radical (unpaired) electrons. The molecular weight excluding hydrogens is 486 g/mol. The first-order valence-electron chi connectivity index (χ1n) is 11.3. The predicted octanol–water partition coefficient (Wildman–Crippen LogP) is 4.15. The standard InChI is InChI=1S/C26H29NO8S/c1-32-12-13-33-17-35-24(26(30)31)25(36-14-11-23(28)29)19-6-4-7-21(15-19)34-16-20-10-9-18-5-2-3-8-22(18)27-20/h2-10,15,24-25H,11-14,16-17H2,1H3,(H,28,29)(H,30,31)/t24-,25-/m1/s1. The molecule has 0 aliphatic rings. The molecule has 0 saturated heterocycles. The lowest BCUT2D eigenvalue weighted by atomic mass is 10.1. The SMILES string of the molecule is COCCOCO[C@@H](C(=O)O)[C@H](SCCC(=O)O)c1cccc(OCc2ccc3ccccc3n2)c1. The number of fused-ring (bicyclic) bond motifs is 1. The molecule has 2 N–H and O–H groups in total. The molecule has 0 saturated carbocycles. The molecule has 36 heavy (non-hydrogen) atoms. The van der Waals surface area contributed by atoms with Gasteiger partial charge in [-0.2, -0.15) is 0 Å². The van der Waals surface area contributed by atoms with Crippen molar-refractivity contribution in [1.29, 1.82) is 0 Å². The number of ether oxygens (including phenoxy) is 4. The quantitative estimate of drug-likeness (QED) is 0.212. The third kappa shape index (κ3) is 8.49. The van der Waals surface area contributed by atoms with Crippen molar-refractivity contribution >= 4 is 34.6 Å². The summed E-state index contributed by atoms with van der Waals surface area (Å²) in [4.78, 5) is 27.7. The van der Waals surface area contributed by atoms with Gasteiger partial charge in [0, 0.05) is 18.2 Å². The van der Waals surface area contributed by atoms with E-state index in [1.807, 2.05) is 36.4 Å². The Kier molecular flexibility index (Phi) is 11.0. The molecule has 2 aromatic carbocycles. The highest BCUT2D eigenvalue weighted by Gasteiger charge is 2.31. The Balaban J connectivity index is 1.73. The fourth-order valence-corrected chi connectivity index (χ4v) is 4.62. The first kappa shape index (κ1) is 27.4. The van der Waals surface area contributed by atoms with Gasteiger partial charge in [0.15, 0.2) is 6.10 Å². The largest absolute Gasteiger partial charge is 0.487 e. The van der Waals surface area contributed by atoms with Crippen molar-refractivity contribution in [3.63, 3.8) is 0 Å². The summed E-state index contributed by atoms with van der Waals surface area (Å²) in [6, 6.07) is 18.7. The number of carboxylic acids is 2. The molecular formula is C26H29NO8S. The fourth-order valence-electron chi connectivity index (χ4n) is 3.37. The van der Waals surface area contributed by atoms with Gasteiger partial charge in [-0.25, -0.2) is 9.78 Å². The molecule has 0 bridgehead atoms. The lowest BCUT2D eigenvalue weighted by Crippen LogP contribution is -2.31. The van der Waals surface area contributed by atoms with E-state index in [-0.39, 0.29) is 32.2 Å². The van der Waals surface area contributed by atoms with Gasteiger partial charge in [-0.1, -0.05) is 36.4 Å². The van der Waals surface area contributed by atoms with Crippen LogP contribution in [0.25, 0.3) is 10.9 Å². The van der Waals surface area contributed by atoms with Gasteiger partial charge < -0.3 is 29.2 Å². The first-order chi connectivity index (χ1) is 17.5. The molecule has 2 atom stereocenters. The zero-order valence-corrected chi connectivity index (χ0v) is 20.7. The van der Waals surface area contributed by atoms with E-state index < -0.39 is 23.3 Å². The number of thioether (sulfide) groups is 1. The molecule has 1 heterocycles. The van der Waals surface area contributed by atoms with Gasteiger partial charge in [-0.05, 0) is 29.8 Å². The molecule has 3 aromatic rings. The monoisotopic (exact) mass is 515 g/mol. The Labute approximate surface area is 213 Å². The summed E-state index contributed by atoms with van der Waals surface area (Å²) in [5.74, 6) is -1.39. The lowest BCUT2D eigenvalue weighted by molar-refractivity contribution is -0.161. The third-order valence-corrected chi connectivity index (χ3v) is 6.44. The second kappa shape index (κ2) is 14.4. The first-order valence-corrected chi connectivity index (χ1v) is 12.3. The van der Waals surface area contributed by atoms with Crippen LogP contribution in [0.1, 0.15) is 22.9 Å². The third-order valence-electron chi connectivity index (χ3n) is 5.12. The van der Waals surface area contributed by atoms with Crippen LogP contribution in [0.2, 0.25) is 0 Å². The molecule has 10 heteroatoms. The second-order valence-corrected chi connectivity index (χ2v) is 8.99. The van der Waals surface area contributed by atoms with Crippen LogP contribution in [0, 0.1) is 0 Å². The maximum Gasteiger partial charge on any atom is 0.334 e. The minimum Gasteiger partial charge on any atom is -0.487 e. The van der Waals surface area contributed by atoms with Crippen LogP contribution in [0.15, 0.2) is 60.7 Å². The van der Waals surface area contributed by atoms with Crippen molar-refractivity contribution in [1.82, 2.24) is 4.98 Å². The lowest BCUT2D eigenvalue weighted by Gasteiger charge is -2.24. The van der Waals surface area contributed by atoms with Crippen LogP contribution in [0.4, 0.5) is 0 Å². The van der Waals surface area contributed by atoms with E-state index >= 15 is 0 Å². The Morgan fingerprint density at radius 2 is 1.86 bits per heavy atom. The van der Waals surface area contributed by atoms with E-state index in [1.54, 1.807) is 24.3 Å². The summed E-state index contributed by atoms with van der Waals surface area (Å²) in [6.45, 7) is 0.604. The van der Waals surface area contributed by atoms with Gasteiger partial charge in [0.2, 0.25) is 0 Å². The number of methoxy groups -OCH3 is 1. The van der Waals surface area contributed by atoms with Crippen LogP contribution < -0.4 is 4.74 Å². The summed E-state index contributed by atoms with van der Waals surface area (Å²) < 4.78 is 21.7. The molecule has 0 amide bonds. The van der Waals surface area contributed by atoms with Crippen molar-refractivity contribution in [2.45, 2.75) is 24.4 Å². The Bertz CT molecular complexity index is 1140. The molecule has 0 fully saturated rings. The van der Waals surface area contributed by atoms with Crippen molar-refractivity contribution in [2.75, 3.05) is 32.9 Å². The summed E-state index contributed by atoms with van der Waals surface area (Å²) in [6.07, 6.45) is -1.37. The number of aliphatic carboxylic acids is 2. The van der Waals surface area contributed by atoms with Gasteiger partial charge in [-0.3, -0.25) is 4.79 Å². The van der Waals surface area contributed by atoms with Crippen LogP contribution in [-0.4, -0.2) is 66.1 Å². The van der Waals surface area contributed by atoms with Gasteiger partial charge in [0.25, 0.3) is 0 Å². The Morgan fingerprint density at radius 1 is 1.03 bits per heavy atom. The van der Waals surface area contributed by atoms with E-state index in [4.69, 9.17) is 24.1 Å². The molecule has 0 spiro atoms. The molecule has 0 unspecified atom stereocenters. The summed E-state index contributed by atoms with van der Waals surface area (Å²) >= 11 is 1.20. The molecule has 0 aliphatic carbocycles. The Morgan fingerprint density at radius 3 is 2.64 bits per heavy atom. The highest BCUT2D eigenvalue weighted by atomic mass is 32.2. The van der Waals surface area contributed by atoms with Crippen molar-refractivity contribution in [3.05, 3.63) is 71.9 Å². The molecule has 9 nitrogen and oxygen atoms in total. The zero-order valence-electron chi connectivity index (χ0n) is 19.9. The van der Waals surface area contributed by atoms with Gasteiger partial charge >= 0.3 is 11.9 Å². The predicted molar refractivity (Wildman–Crippen MR) is 135 cm³/mol. The second-order valence-electron chi connectivity index (χ2n) is 7.74. The van der Waals surface area contributed by atoms with E-state index in [0.29, 0.717) is 17.9 Å².